The first-order valence-electron chi connectivity index (χ1n) is 7.41. The molecule has 2 aromatic rings. The first-order chi connectivity index (χ1) is 11.1. The molecule has 0 saturated carbocycles. The number of ether oxygens (including phenoxy) is 1. The molecule has 1 atom stereocenters. The largest absolute Gasteiger partial charge is 0.497 e. The van der Waals surface area contributed by atoms with E-state index in [2.05, 4.69) is 0 Å². The Hall–Kier alpha value is -2.88. The van der Waals surface area contributed by atoms with Crippen molar-refractivity contribution in [3.63, 3.8) is 0 Å². The summed E-state index contributed by atoms with van der Waals surface area (Å²) >= 11 is 0. The highest BCUT2D eigenvalue weighted by molar-refractivity contribution is 6.21. The van der Waals surface area contributed by atoms with Crippen molar-refractivity contribution in [1.29, 1.82) is 0 Å². The third-order valence-corrected chi connectivity index (χ3v) is 3.92. The summed E-state index contributed by atoms with van der Waals surface area (Å²) in [5, 5.41) is 0. The molecule has 0 aliphatic carbocycles. The molecule has 0 N–H and O–H groups in total. The van der Waals surface area contributed by atoms with Crippen LogP contribution < -0.4 is 4.74 Å². The molecule has 2 aromatic carbocycles. The lowest BCUT2D eigenvalue weighted by molar-refractivity contribution is 0.0626. The predicted octanol–water partition coefficient (Wildman–Crippen LogP) is 3.39. The van der Waals surface area contributed by atoms with E-state index in [1.165, 1.54) is 4.90 Å². The minimum atomic E-state index is -0.315. The summed E-state index contributed by atoms with van der Waals surface area (Å²) in [6.07, 6.45) is 3.75. The first-order valence-corrected chi connectivity index (χ1v) is 7.41. The maximum absolute atomic E-state index is 12.4. The molecule has 0 aromatic heterocycles. The highest BCUT2D eigenvalue weighted by Crippen LogP contribution is 2.25. The van der Waals surface area contributed by atoms with Crippen molar-refractivity contribution in [2.75, 3.05) is 7.11 Å². The molecule has 1 aliphatic rings. The number of imide groups is 1. The summed E-state index contributed by atoms with van der Waals surface area (Å²) in [6.45, 7) is 1.84. The van der Waals surface area contributed by atoms with Crippen molar-refractivity contribution >= 4 is 17.9 Å². The summed E-state index contributed by atoms with van der Waals surface area (Å²) in [5.74, 6) is 0.311. The van der Waals surface area contributed by atoms with E-state index >= 15 is 0 Å². The van der Waals surface area contributed by atoms with Gasteiger partial charge in [-0.3, -0.25) is 14.5 Å². The molecular formula is C19H17NO3. The number of carbonyl (C=O) groups excluding carboxylic acids is 2. The monoisotopic (exact) mass is 307 g/mol. The van der Waals surface area contributed by atoms with Crippen molar-refractivity contribution in [3.8, 4) is 5.75 Å². The number of hydrogen-bond donors (Lipinski definition) is 0. The Labute approximate surface area is 135 Å². The van der Waals surface area contributed by atoms with Crippen molar-refractivity contribution in [2.45, 2.75) is 13.0 Å². The van der Waals surface area contributed by atoms with Gasteiger partial charge in [-0.2, -0.15) is 0 Å². The van der Waals surface area contributed by atoms with Gasteiger partial charge in [0.25, 0.3) is 11.8 Å². The van der Waals surface area contributed by atoms with Crippen LogP contribution in [-0.4, -0.2) is 29.9 Å². The number of methoxy groups -OCH3 is 1. The summed E-state index contributed by atoms with van der Waals surface area (Å²) < 4.78 is 5.12. The van der Waals surface area contributed by atoms with E-state index < -0.39 is 0 Å². The molecule has 3 rings (SSSR count). The number of carbonyl (C=O) groups is 2. The van der Waals surface area contributed by atoms with Crippen molar-refractivity contribution < 1.29 is 14.3 Å². The number of hydrogen-bond acceptors (Lipinski definition) is 3. The molecule has 0 bridgehead atoms. The van der Waals surface area contributed by atoms with Gasteiger partial charge < -0.3 is 4.74 Å². The maximum atomic E-state index is 12.4. The minimum Gasteiger partial charge on any atom is -0.497 e. The number of benzene rings is 2. The van der Waals surface area contributed by atoms with Crippen molar-refractivity contribution in [1.82, 2.24) is 4.90 Å². The van der Waals surface area contributed by atoms with Crippen molar-refractivity contribution in [2.24, 2.45) is 0 Å². The van der Waals surface area contributed by atoms with Gasteiger partial charge in [-0.15, -0.1) is 0 Å². The minimum absolute atomic E-state index is 0.238. The third kappa shape index (κ3) is 2.75. The zero-order valence-electron chi connectivity index (χ0n) is 13.0. The van der Waals surface area contributed by atoms with E-state index in [1.807, 2.05) is 43.3 Å². The summed E-state index contributed by atoms with van der Waals surface area (Å²) in [7, 11) is 1.62. The van der Waals surface area contributed by atoms with Crippen LogP contribution in [0.1, 0.15) is 33.2 Å². The van der Waals surface area contributed by atoms with Crippen LogP contribution in [0, 0.1) is 0 Å². The summed E-state index contributed by atoms with van der Waals surface area (Å²) in [6, 6.07) is 14.2. The Morgan fingerprint density at radius 1 is 0.957 bits per heavy atom. The molecule has 23 heavy (non-hydrogen) atoms. The van der Waals surface area contributed by atoms with E-state index in [0.717, 1.165) is 11.3 Å². The lowest BCUT2D eigenvalue weighted by Crippen LogP contribution is -2.36. The van der Waals surface area contributed by atoms with E-state index in [9.17, 15) is 9.59 Å². The van der Waals surface area contributed by atoms with Gasteiger partial charge in [-0.1, -0.05) is 36.4 Å². The van der Waals surface area contributed by atoms with E-state index in [1.54, 1.807) is 31.4 Å². The van der Waals surface area contributed by atoms with Crippen LogP contribution in [0.2, 0.25) is 0 Å². The average Bonchev–Trinajstić information content (AvgIpc) is 2.85. The van der Waals surface area contributed by atoms with Crippen LogP contribution in [0.5, 0.6) is 5.75 Å². The first kappa shape index (κ1) is 15.0. The van der Waals surface area contributed by atoms with Gasteiger partial charge in [-0.05, 0) is 36.8 Å². The quantitative estimate of drug-likeness (QED) is 0.813. The second kappa shape index (κ2) is 6.08. The van der Waals surface area contributed by atoms with Gasteiger partial charge in [0.05, 0.1) is 24.3 Å². The fraction of sp³-hybridized carbons (Fsp3) is 0.158. The SMILES string of the molecule is COc1ccc(/C=C/C(C)N2C(=O)c3ccccc3C2=O)cc1. The molecule has 0 radical (unpaired) electrons. The predicted molar refractivity (Wildman–Crippen MR) is 88.4 cm³/mol. The molecular weight excluding hydrogens is 290 g/mol. The number of fused-ring (bicyclic) bond motifs is 1. The molecule has 1 unspecified atom stereocenters. The summed E-state index contributed by atoms with van der Waals surface area (Å²) in [4.78, 5) is 26.1. The normalized spacial score (nSPS) is 15.1. The van der Waals surface area contributed by atoms with E-state index in [-0.39, 0.29) is 17.9 Å². The molecule has 2 amide bonds. The number of amides is 2. The Bertz CT molecular complexity index is 742. The van der Waals surface area contributed by atoms with Gasteiger partial charge in [0.15, 0.2) is 0 Å². The zero-order valence-corrected chi connectivity index (χ0v) is 13.0. The Balaban J connectivity index is 1.78. The average molecular weight is 307 g/mol. The third-order valence-electron chi connectivity index (χ3n) is 3.92. The molecule has 4 heteroatoms. The maximum Gasteiger partial charge on any atom is 0.262 e. The van der Waals surface area contributed by atoms with Crippen LogP contribution in [0.3, 0.4) is 0 Å². The number of rotatable bonds is 4. The standard InChI is InChI=1S/C19H17NO3/c1-13(7-8-14-9-11-15(23-2)12-10-14)20-18(21)16-5-3-4-6-17(16)19(20)22/h3-13H,1-2H3/b8-7+. The highest BCUT2D eigenvalue weighted by Gasteiger charge is 2.37. The molecule has 116 valence electrons. The van der Waals surface area contributed by atoms with Gasteiger partial charge >= 0.3 is 0 Å². The Morgan fingerprint density at radius 2 is 1.52 bits per heavy atom. The second-order valence-corrected chi connectivity index (χ2v) is 5.40. The zero-order chi connectivity index (χ0) is 16.4. The second-order valence-electron chi connectivity index (χ2n) is 5.40. The number of nitrogens with zero attached hydrogens (tertiary/aromatic N) is 1. The highest BCUT2D eigenvalue weighted by atomic mass is 16.5. The molecule has 0 spiro atoms. The van der Waals surface area contributed by atoms with E-state index in [0.29, 0.717) is 11.1 Å². The lowest BCUT2D eigenvalue weighted by Gasteiger charge is -2.19. The Kier molecular flexibility index (Phi) is 3.98. The summed E-state index contributed by atoms with van der Waals surface area (Å²) in [5.41, 5.74) is 1.93. The molecule has 1 heterocycles. The molecule has 4 nitrogen and oxygen atoms in total. The van der Waals surface area contributed by atoms with Crippen LogP contribution in [0.15, 0.2) is 54.6 Å². The van der Waals surface area contributed by atoms with Crippen molar-refractivity contribution in [3.05, 3.63) is 71.3 Å². The van der Waals surface area contributed by atoms with Crippen LogP contribution in [-0.2, 0) is 0 Å². The van der Waals surface area contributed by atoms with Gasteiger partial charge in [-0.25, -0.2) is 0 Å². The molecule has 1 aliphatic heterocycles. The van der Waals surface area contributed by atoms with Gasteiger partial charge in [0.2, 0.25) is 0 Å². The fourth-order valence-corrected chi connectivity index (χ4v) is 2.63. The van der Waals surface area contributed by atoms with Gasteiger partial charge in [0, 0.05) is 0 Å². The molecule has 0 fully saturated rings. The molecule has 0 saturated heterocycles. The smallest absolute Gasteiger partial charge is 0.262 e. The topological polar surface area (TPSA) is 46.6 Å². The van der Waals surface area contributed by atoms with Crippen LogP contribution in [0.4, 0.5) is 0 Å². The van der Waals surface area contributed by atoms with E-state index in [4.69, 9.17) is 4.74 Å². The van der Waals surface area contributed by atoms with Gasteiger partial charge in [0.1, 0.15) is 5.75 Å². The lowest BCUT2D eigenvalue weighted by atomic mass is 10.1. The van der Waals surface area contributed by atoms with Crippen LogP contribution in [0.25, 0.3) is 6.08 Å². The fourth-order valence-electron chi connectivity index (χ4n) is 2.63. The van der Waals surface area contributed by atoms with Crippen LogP contribution >= 0.6 is 0 Å². The Morgan fingerprint density at radius 3 is 2.04 bits per heavy atom.